The minimum absolute atomic E-state index is 0.00613. The highest BCUT2D eigenvalue weighted by Crippen LogP contribution is 2.31. The fourth-order valence-electron chi connectivity index (χ4n) is 4.71. The van der Waals surface area contributed by atoms with E-state index in [2.05, 4.69) is 24.1 Å². The molecule has 7 nitrogen and oxygen atoms in total. The lowest BCUT2D eigenvalue weighted by atomic mass is 9.91. The Bertz CT molecular complexity index is 863. The van der Waals surface area contributed by atoms with Gasteiger partial charge in [0, 0.05) is 50.1 Å². The van der Waals surface area contributed by atoms with Gasteiger partial charge in [0.05, 0.1) is 11.3 Å². The van der Waals surface area contributed by atoms with Crippen LogP contribution < -0.4 is 10.2 Å². The zero-order valence-corrected chi connectivity index (χ0v) is 20.4. The van der Waals surface area contributed by atoms with E-state index in [1.807, 2.05) is 14.1 Å². The van der Waals surface area contributed by atoms with E-state index in [0.717, 1.165) is 13.0 Å². The standard InChI is InChI=1S/C24H35ClN4O3/c1-24(2,16-27(3)4)15-26-22(31)17-9-12-28(13-10-17)23(32)19-8-7-18(25)14-20(19)29-11-5-6-21(29)30/h7-8,14,17H,5-6,9-13,15-16H2,1-4H3,(H,26,31). The van der Waals surface area contributed by atoms with Crippen molar-refractivity contribution in [1.29, 1.82) is 0 Å². The lowest BCUT2D eigenvalue weighted by molar-refractivity contribution is -0.126. The normalized spacial score (nSPS) is 17.9. The molecule has 8 heteroatoms. The first-order valence-corrected chi connectivity index (χ1v) is 11.8. The number of rotatable bonds is 7. The van der Waals surface area contributed by atoms with Crippen molar-refractivity contribution in [2.75, 3.05) is 51.7 Å². The average molecular weight is 463 g/mol. The highest BCUT2D eigenvalue weighted by molar-refractivity contribution is 6.31. The van der Waals surface area contributed by atoms with Gasteiger partial charge in [-0.05, 0) is 57.0 Å². The van der Waals surface area contributed by atoms with E-state index in [9.17, 15) is 14.4 Å². The summed E-state index contributed by atoms with van der Waals surface area (Å²) in [7, 11) is 4.06. The molecule has 1 aromatic carbocycles. The molecule has 0 aromatic heterocycles. The van der Waals surface area contributed by atoms with Crippen molar-refractivity contribution < 1.29 is 14.4 Å². The van der Waals surface area contributed by atoms with Gasteiger partial charge in [0.25, 0.3) is 5.91 Å². The molecule has 2 fully saturated rings. The van der Waals surface area contributed by atoms with Gasteiger partial charge < -0.3 is 20.0 Å². The lowest BCUT2D eigenvalue weighted by Gasteiger charge is -2.33. The predicted octanol–water partition coefficient (Wildman–Crippen LogP) is 3.02. The van der Waals surface area contributed by atoms with Crippen molar-refractivity contribution in [3.8, 4) is 0 Å². The summed E-state index contributed by atoms with van der Waals surface area (Å²) in [6.07, 6.45) is 2.55. The Kier molecular flexibility index (Phi) is 7.83. The molecular formula is C24H35ClN4O3. The SMILES string of the molecule is CN(C)CC(C)(C)CNC(=O)C1CCN(C(=O)c2ccc(Cl)cc2N2CCCC2=O)CC1. The summed E-state index contributed by atoms with van der Waals surface area (Å²) in [4.78, 5) is 43.8. The maximum Gasteiger partial charge on any atom is 0.255 e. The van der Waals surface area contributed by atoms with Crippen LogP contribution in [0.3, 0.4) is 0 Å². The quantitative estimate of drug-likeness (QED) is 0.676. The van der Waals surface area contributed by atoms with E-state index >= 15 is 0 Å². The Morgan fingerprint density at radius 2 is 1.88 bits per heavy atom. The van der Waals surface area contributed by atoms with Crippen molar-refractivity contribution in [1.82, 2.24) is 15.1 Å². The second-order valence-corrected chi connectivity index (χ2v) is 10.4. The summed E-state index contributed by atoms with van der Waals surface area (Å²) in [5.74, 6) is -0.103. The van der Waals surface area contributed by atoms with Crippen LogP contribution in [0.1, 0.15) is 49.9 Å². The summed E-state index contributed by atoms with van der Waals surface area (Å²) >= 11 is 6.17. The molecule has 0 bridgehead atoms. The molecule has 0 radical (unpaired) electrons. The Hall–Kier alpha value is -2.12. The van der Waals surface area contributed by atoms with Crippen LogP contribution in [-0.4, -0.2) is 74.3 Å². The molecule has 2 saturated heterocycles. The molecule has 2 heterocycles. The number of nitrogens with one attached hydrogen (secondary N) is 1. The summed E-state index contributed by atoms with van der Waals surface area (Å²) in [6.45, 7) is 7.45. The summed E-state index contributed by atoms with van der Waals surface area (Å²) in [5.41, 5.74) is 1.08. The molecule has 1 aromatic rings. The van der Waals surface area contributed by atoms with Crippen LogP contribution in [0.5, 0.6) is 0 Å². The lowest BCUT2D eigenvalue weighted by Crippen LogP contribution is -2.46. The summed E-state index contributed by atoms with van der Waals surface area (Å²) < 4.78 is 0. The highest BCUT2D eigenvalue weighted by atomic mass is 35.5. The average Bonchev–Trinajstić information content (AvgIpc) is 3.16. The number of carbonyl (C=O) groups excluding carboxylic acids is 3. The van der Waals surface area contributed by atoms with Gasteiger partial charge in [-0.25, -0.2) is 0 Å². The first-order valence-electron chi connectivity index (χ1n) is 11.4. The van der Waals surface area contributed by atoms with Gasteiger partial charge >= 0.3 is 0 Å². The van der Waals surface area contributed by atoms with Gasteiger partial charge in [-0.2, -0.15) is 0 Å². The Labute approximate surface area is 196 Å². The van der Waals surface area contributed by atoms with E-state index in [1.54, 1.807) is 28.0 Å². The Morgan fingerprint density at radius 1 is 1.19 bits per heavy atom. The third-order valence-corrected chi connectivity index (χ3v) is 6.43. The van der Waals surface area contributed by atoms with Gasteiger partial charge in [-0.15, -0.1) is 0 Å². The number of anilines is 1. The van der Waals surface area contributed by atoms with Crippen molar-refractivity contribution in [3.63, 3.8) is 0 Å². The number of amides is 3. The smallest absolute Gasteiger partial charge is 0.255 e. The maximum atomic E-state index is 13.3. The van der Waals surface area contributed by atoms with Crippen molar-refractivity contribution >= 4 is 35.0 Å². The molecule has 32 heavy (non-hydrogen) atoms. The van der Waals surface area contributed by atoms with Gasteiger partial charge in [0.1, 0.15) is 0 Å². The van der Waals surface area contributed by atoms with Crippen molar-refractivity contribution in [2.45, 2.75) is 39.5 Å². The number of benzene rings is 1. The van der Waals surface area contributed by atoms with Gasteiger partial charge in [0.15, 0.2) is 0 Å². The first-order chi connectivity index (χ1) is 15.1. The van der Waals surface area contributed by atoms with Crippen molar-refractivity contribution in [2.24, 2.45) is 11.3 Å². The van der Waals surface area contributed by atoms with E-state index in [4.69, 9.17) is 11.6 Å². The van der Waals surface area contributed by atoms with Crippen LogP contribution in [0.2, 0.25) is 5.02 Å². The monoisotopic (exact) mass is 462 g/mol. The fraction of sp³-hybridized carbons (Fsp3) is 0.625. The molecule has 176 valence electrons. The van der Waals surface area contributed by atoms with Crippen LogP contribution in [0.4, 0.5) is 5.69 Å². The molecule has 2 aliphatic rings. The summed E-state index contributed by atoms with van der Waals surface area (Å²) in [5, 5.41) is 3.61. The summed E-state index contributed by atoms with van der Waals surface area (Å²) in [6, 6.07) is 5.10. The van der Waals surface area contributed by atoms with Crippen molar-refractivity contribution in [3.05, 3.63) is 28.8 Å². The van der Waals surface area contributed by atoms with Gasteiger partial charge in [0.2, 0.25) is 11.8 Å². The molecule has 2 aliphatic heterocycles. The number of likely N-dealkylation sites (tertiary alicyclic amines) is 1. The second kappa shape index (κ2) is 10.2. The van der Waals surface area contributed by atoms with Crippen LogP contribution in [-0.2, 0) is 9.59 Å². The number of piperidine rings is 1. The number of nitrogens with zero attached hydrogens (tertiary/aromatic N) is 3. The van der Waals surface area contributed by atoms with Crippen LogP contribution >= 0.6 is 11.6 Å². The van der Waals surface area contributed by atoms with E-state index < -0.39 is 0 Å². The molecule has 3 amide bonds. The topological polar surface area (TPSA) is 73.0 Å². The molecular weight excluding hydrogens is 428 g/mol. The molecule has 0 unspecified atom stereocenters. The third kappa shape index (κ3) is 6.01. The second-order valence-electron chi connectivity index (χ2n) is 10.00. The first kappa shape index (κ1) is 24.5. The molecule has 3 rings (SSSR count). The zero-order valence-electron chi connectivity index (χ0n) is 19.6. The predicted molar refractivity (Wildman–Crippen MR) is 127 cm³/mol. The third-order valence-electron chi connectivity index (χ3n) is 6.19. The van der Waals surface area contributed by atoms with Gasteiger partial charge in [-0.1, -0.05) is 25.4 Å². The minimum Gasteiger partial charge on any atom is -0.355 e. The number of halogens is 1. The maximum absolute atomic E-state index is 13.3. The van der Waals surface area contributed by atoms with E-state index in [0.29, 0.717) is 61.7 Å². The van der Waals surface area contributed by atoms with Crippen LogP contribution in [0.15, 0.2) is 18.2 Å². The van der Waals surface area contributed by atoms with Crippen LogP contribution in [0.25, 0.3) is 0 Å². The molecule has 1 N–H and O–H groups in total. The number of hydrogen-bond donors (Lipinski definition) is 1. The fourth-order valence-corrected chi connectivity index (χ4v) is 4.88. The van der Waals surface area contributed by atoms with Gasteiger partial charge in [-0.3, -0.25) is 14.4 Å². The number of hydrogen-bond acceptors (Lipinski definition) is 4. The Morgan fingerprint density at radius 3 is 2.47 bits per heavy atom. The van der Waals surface area contributed by atoms with E-state index in [-0.39, 0.29) is 29.1 Å². The van der Waals surface area contributed by atoms with Crippen LogP contribution in [0, 0.1) is 11.3 Å². The number of carbonyl (C=O) groups is 3. The largest absolute Gasteiger partial charge is 0.355 e. The molecule has 0 saturated carbocycles. The molecule has 0 atom stereocenters. The molecule has 0 aliphatic carbocycles. The highest BCUT2D eigenvalue weighted by Gasteiger charge is 2.32. The minimum atomic E-state index is -0.109. The molecule has 0 spiro atoms. The zero-order chi connectivity index (χ0) is 23.5. The Balaban J connectivity index is 1.59. The van der Waals surface area contributed by atoms with E-state index in [1.165, 1.54) is 0 Å².